The van der Waals surface area contributed by atoms with Crippen LogP contribution >= 0.6 is 23.2 Å². The zero-order valence-corrected chi connectivity index (χ0v) is 12.1. The molecule has 1 rings (SSSR count). The lowest BCUT2D eigenvalue weighted by molar-refractivity contribution is 0.0697. The summed E-state index contributed by atoms with van der Waals surface area (Å²) in [6.07, 6.45) is 0. The van der Waals surface area contributed by atoms with Crippen molar-refractivity contribution in [2.24, 2.45) is 0 Å². The van der Waals surface area contributed by atoms with Gasteiger partial charge in [0.25, 0.3) is 0 Å². The van der Waals surface area contributed by atoms with E-state index in [9.17, 15) is 9.90 Å². The molecule has 0 heterocycles. The lowest BCUT2D eigenvalue weighted by Crippen LogP contribution is -2.30. The molecule has 0 fully saturated rings. The zero-order chi connectivity index (χ0) is 13.7. The number of carbonyl (C=O) groups is 1. The van der Waals surface area contributed by atoms with Gasteiger partial charge < -0.3 is 10.0 Å². The molecule has 0 atom stereocenters. The van der Waals surface area contributed by atoms with Gasteiger partial charge in [-0.2, -0.15) is 0 Å². The molecule has 100 valence electrons. The first kappa shape index (κ1) is 15.1. The smallest absolute Gasteiger partial charge is 0.337 e. The van der Waals surface area contributed by atoms with E-state index in [1.807, 2.05) is 24.8 Å². The largest absolute Gasteiger partial charge is 0.478 e. The van der Waals surface area contributed by atoms with Crippen LogP contribution in [-0.4, -0.2) is 35.9 Å². The van der Waals surface area contributed by atoms with Crippen LogP contribution in [0, 0.1) is 13.8 Å². The van der Waals surface area contributed by atoms with Crippen molar-refractivity contribution in [1.82, 2.24) is 0 Å². The normalized spacial score (nSPS) is 10.4. The minimum absolute atomic E-state index is 0.308. The highest BCUT2D eigenvalue weighted by Crippen LogP contribution is 2.27. The first-order valence-corrected chi connectivity index (χ1v) is 6.79. The van der Waals surface area contributed by atoms with Gasteiger partial charge in [-0.1, -0.05) is 6.07 Å². The van der Waals surface area contributed by atoms with E-state index in [1.165, 1.54) is 0 Å². The van der Waals surface area contributed by atoms with E-state index in [0.29, 0.717) is 30.4 Å². The molecule has 0 spiro atoms. The molecule has 0 saturated carbocycles. The second-order valence-electron chi connectivity index (χ2n) is 4.15. The molecule has 0 aromatic heterocycles. The van der Waals surface area contributed by atoms with E-state index < -0.39 is 5.97 Å². The van der Waals surface area contributed by atoms with Crippen molar-refractivity contribution in [2.45, 2.75) is 13.8 Å². The highest BCUT2D eigenvalue weighted by atomic mass is 35.5. The number of halogens is 2. The van der Waals surface area contributed by atoms with Crippen molar-refractivity contribution in [3.63, 3.8) is 0 Å². The Kier molecular flexibility index (Phi) is 5.76. The molecule has 3 nitrogen and oxygen atoms in total. The summed E-state index contributed by atoms with van der Waals surface area (Å²) < 4.78 is 0. The molecule has 5 heteroatoms. The summed E-state index contributed by atoms with van der Waals surface area (Å²) in [5.74, 6) is -0.0575. The summed E-state index contributed by atoms with van der Waals surface area (Å²) >= 11 is 11.5. The summed E-state index contributed by atoms with van der Waals surface area (Å²) in [7, 11) is 0. The summed E-state index contributed by atoms with van der Waals surface area (Å²) in [6, 6.07) is 3.65. The van der Waals surface area contributed by atoms with Gasteiger partial charge in [-0.25, -0.2) is 4.79 Å². The second-order valence-corrected chi connectivity index (χ2v) is 4.90. The summed E-state index contributed by atoms with van der Waals surface area (Å²) in [5.41, 5.74) is 2.89. The molecule has 1 aromatic carbocycles. The molecular formula is C13H17Cl2NO2. The fourth-order valence-electron chi connectivity index (χ4n) is 2.08. The van der Waals surface area contributed by atoms with Gasteiger partial charge in [-0.15, -0.1) is 23.2 Å². The third-order valence-corrected chi connectivity index (χ3v) is 3.04. The predicted molar refractivity (Wildman–Crippen MR) is 76.5 cm³/mol. The number of carboxylic acids is 1. The van der Waals surface area contributed by atoms with Crippen LogP contribution in [-0.2, 0) is 0 Å². The van der Waals surface area contributed by atoms with Gasteiger partial charge >= 0.3 is 5.97 Å². The number of anilines is 1. The van der Waals surface area contributed by atoms with E-state index >= 15 is 0 Å². The number of rotatable bonds is 6. The molecular weight excluding hydrogens is 273 g/mol. The minimum atomic E-state index is -0.925. The van der Waals surface area contributed by atoms with E-state index in [1.54, 1.807) is 6.07 Å². The van der Waals surface area contributed by atoms with Crippen LogP contribution in [0.25, 0.3) is 0 Å². The summed E-state index contributed by atoms with van der Waals surface area (Å²) in [4.78, 5) is 13.3. The Hall–Kier alpha value is -0.930. The van der Waals surface area contributed by atoms with Crippen molar-refractivity contribution in [3.05, 3.63) is 28.8 Å². The van der Waals surface area contributed by atoms with Gasteiger partial charge in [0.1, 0.15) is 0 Å². The van der Waals surface area contributed by atoms with Crippen LogP contribution in [0.1, 0.15) is 21.5 Å². The SMILES string of the molecule is Cc1cc(C)c(N(CCCl)CCCl)c(C(=O)O)c1. The number of carboxylic acid groups (broad SMARTS) is 1. The average Bonchev–Trinajstić information content (AvgIpc) is 2.27. The summed E-state index contributed by atoms with van der Waals surface area (Å²) in [5, 5.41) is 9.31. The molecule has 1 N–H and O–H groups in total. The van der Waals surface area contributed by atoms with E-state index in [0.717, 1.165) is 16.8 Å². The molecule has 18 heavy (non-hydrogen) atoms. The Morgan fingerprint density at radius 3 is 2.22 bits per heavy atom. The van der Waals surface area contributed by atoms with Gasteiger partial charge in [-0.3, -0.25) is 0 Å². The van der Waals surface area contributed by atoms with E-state index in [-0.39, 0.29) is 0 Å². The third kappa shape index (κ3) is 3.53. The van der Waals surface area contributed by atoms with Gasteiger partial charge in [0.05, 0.1) is 11.3 Å². The first-order valence-electron chi connectivity index (χ1n) is 5.72. The van der Waals surface area contributed by atoms with Crippen molar-refractivity contribution in [2.75, 3.05) is 29.7 Å². The minimum Gasteiger partial charge on any atom is -0.478 e. The Morgan fingerprint density at radius 1 is 1.22 bits per heavy atom. The Morgan fingerprint density at radius 2 is 1.78 bits per heavy atom. The number of benzene rings is 1. The molecule has 0 radical (unpaired) electrons. The molecule has 0 aliphatic carbocycles. The number of alkyl halides is 2. The Labute approximate surface area is 117 Å². The van der Waals surface area contributed by atoms with Crippen LogP contribution in [0.3, 0.4) is 0 Å². The number of aryl methyl sites for hydroxylation is 2. The van der Waals surface area contributed by atoms with Gasteiger partial charge in [0.15, 0.2) is 0 Å². The second kappa shape index (κ2) is 6.86. The highest BCUT2D eigenvalue weighted by molar-refractivity contribution is 6.18. The number of hydrogen-bond donors (Lipinski definition) is 1. The van der Waals surface area contributed by atoms with Crippen molar-refractivity contribution >= 4 is 34.9 Å². The quantitative estimate of drug-likeness (QED) is 0.817. The van der Waals surface area contributed by atoms with Crippen LogP contribution in [0.4, 0.5) is 5.69 Å². The number of hydrogen-bond acceptors (Lipinski definition) is 2. The Balaban J connectivity index is 3.30. The topological polar surface area (TPSA) is 40.5 Å². The highest BCUT2D eigenvalue weighted by Gasteiger charge is 2.18. The van der Waals surface area contributed by atoms with Gasteiger partial charge in [0, 0.05) is 24.8 Å². The van der Waals surface area contributed by atoms with Crippen LogP contribution in [0.5, 0.6) is 0 Å². The van der Waals surface area contributed by atoms with Gasteiger partial charge in [0.2, 0.25) is 0 Å². The fourth-order valence-corrected chi connectivity index (χ4v) is 2.49. The monoisotopic (exact) mass is 289 g/mol. The maximum atomic E-state index is 11.3. The molecule has 0 amide bonds. The number of nitrogens with zero attached hydrogens (tertiary/aromatic N) is 1. The maximum absolute atomic E-state index is 11.3. The van der Waals surface area contributed by atoms with Crippen LogP contribution in [0.15, 0.2) is 12.1 Å². The van der Waals surface area contributed by atoms with Gasteiger partial charge in [-0.05, 0) is 31.0 Å². The molecule has 0 aliphatic rings. The summed E-state index contributed by atoms with van der Waals surface area (Å²) in [6.45, 7) is 4.96. The standard InChI is InChI=1S/C13H17Cl2NO2/c1-9-7-10(2)12(11(8-9)13(17)18)16(5-3-14)6-4-15/h7-8H,3-6H2,1-2H3,(H,17,18). The van der Waals surface area contributed by atoms with Crippen LogP contribution in [0.2, 0.25) is 0 Å². The molecule has 0 saturated heterocycles. The fraction of sp³-hybridized carbons (Fsp3) is 0.462. The zero-order valence-electron chi connectivity index (χ0n) is 10.5. The lowest BCUT2D eigenvalue weighted by Gasteiger charge is -2.26. The third-order valence-electron chi connectivity index (χ3n) is 2.70. The molecule has 0 aliphatic heterocycles. The molecule has 0 unspecified atom stereocenters. The van der Waals surface area contributed by atoms with E-state index in [2.05, 4.69) is 0 Å². The number of aromatic carboxylic acids is 1. The first-order chi connectivity index (χ1) is 8.51. The Bertz CT molecular complexity index is 429. The van der Waals surface area contributed by atoms with Crippen molar-refractivity contribution < 1.29 is 9.90 Å². The molecule has 1 aromatic rings. The predicted octanol–water partition coefficient (Wildman–Crippen LogP) is 3.29. The van der Waals surface area contributed by atoms with Crippen molar-refractivity contribution in [1.29, 1.82) is 0 Å². The van der Waals surface area contributed by atoms with E-state index in [4.69, 9.17) is 23.2 Å². The van der Waals surface area contributed by atoms with Crippen molar-refractivity contribution in [3.8, 4) is 0 Å². The molecule has 0 bridgehead atoms. The average molecular weight is 290 g/mol. The lowest BCUT2D eigenvalue weighted by atomic mass is 10.0. The van der Waals surface area contributed by atoms with Crippen LogP contribution < -0.4 is 4.90 Å². The maximum Gasteiger partial charge on any atom is 0.337 e.